The Hall–Kier alpha value is -3.33. The molecule has 0 saturated carbocycles. The van der Waals surface area contributed by atoms with Crippen molar-refractivity contribution in [2.75, 3.05) is 24.3 Å². The minimum absolute atomic E-state index is 0.0809. The van der Waals surface area contributed by atoms with Crippen molar-refractivity contribution < 1.29 is 14.3 Å². The molecule has 2 rings (SSSR count). The molecule has 2 N–H and O–H groups in total. The van der Waals surface area contributed by atoms with Crippen LogP contribution >= 0.6 is 0 Å². The van der Waals surface area contributed by atoms with Gasteiger partial charge in [-0.05, 0) is 48.5 Å². The summed E-state index contributed by atoms with van der Waals surface area (Å²) in [6.07, 6.45) is 0. The van der Waals surface area contributed by atoms with Crippen LogP contribution in [0.3, 0.4) is 0 Å². The zero-order chi connectivity index (χ0) is 16.7. The van der Waals surface area contributed by atoms with E-state index in [2.05, 4.69) is 15.4 Å². The van der Waals surface area contributed by atoms with Gasteiger partial charge in [-0.1, -0.05) is 0 Å². The Kier molecular flexibility index (Phi) is 5.31. The molecule has 2 aromatic carbocycles. The highest BCUT2D eigenvalue weighted by molar-refractivity contribution is 5.94. The number of esters is 1. The van der Waals surface area contributed by atoms with Crippen molar-refractivity contribution in [3.8, 4) is 6.07 Å². The van der Waals surface area contributed by atoms with Gasteiger partial charge in [-0.3, -0.25) is 4.79 Å². The Labute approximate surface area is 133 Å². The summed E-state index contributed by atoms with van der Waals surface area (Å²) in [7, 11) is 1.32. The van der Waals surface area contributed by atoms with E-state index in [0.717, 1.165) is 0 Å². The van der Waals surface area contributed by atoms with E-state index in [-0.39, 0.29) is 12.5 Å². The molecule has 0 unspecified atom stereocenters. The van der Waals surface area contributed by atoms with E-state index >= 15 is 0 Å². The number of ether oxygens (including phenoxy) is 1. The van der Waals surface area contributed by atoms with Crippen LogP contribution in [0.1, 0.15) is 15.9 Å². The molecule has 0 saturated heterocycles. The second kappa shape index (κ2) is 7.61. The molecule has 0 bridgehead atoms. The molecule has 2 aromatic rings. The van der Waals surface area contributed by atoms with Crippen molar-refractivity contribution in [3.63, 3.8) is 0 Å². The minimum Gasteiger partial charge on any atom is -0.465 e. The zero-order valence-corrected chi connectivity index (χ0v) is 12.5. The molecular weight excluding hydrogens is 294 g/mol. The molecule has 0 spiro atoms. The highest BCUT2D eigenvalue weighted by atomic mass is 16.5. The summed E-state index contributed by atoms with van der Waals surface area (Å²) in [5, 5.41) is 14.4. The van der Waals surface area contributed by atoms with Crippen LogP contribution < -0.4 is 10.6 Å². The Morgan fingerprint density at radius 2 is 1.65 bits per heavy atom. The Balaban J connectivity index is 1.86. The fourth-order valence-corrected chi connectivity index (χ4v) is 1.86. The number of nitrogens with one attached hydrogen (secondary N) is 2. The predicted molar refractivity (Wildman–Crippen MR) is 86.1 cm³/mol. The minimum atomic E-state index is -0.407. The van der Waals surface area contributed by atoms with E-state index in [1.54, 1.807) is 48.5 Å². The summed E-state index contributed by atoms with van der Waals surface area (Å²) in [6, 6.07) is 15.2. The van der Waals surface area contributed by atoms with Crippen LogP contribution in [0.4, 0.5) is 11.4 Å². The van der Waals surface area contributed by atoms with Gasteiger partial charge in [0.25, 0.3) is 0 Å². The van der Waals surface area contributed by atoms with Crippen molar-refractivity contribution in [1.82, 2.24) is 0 Å². The van der Waals surface area contributed by atoms with Crippen molar-refractivity contribution >= 4 is 23.3 Å². The summed E-state index contributed by atoms with van der Waals surface area (Å²) in [5.74, 6) is -0.623. The standard InChI is InChI=1S/C17H15N3O3/c1-23-17(22)13-4-8-14(9-5-13)19-11-16(21)20-15-6-2-12(10-18)3-7-15/h2-9,19H,11H2,1H3,(H,20,21). The average molecular weight is 309 g/mol. The van der Waals surface area contributed by atoms with Crippen LogP contribution in [0.25, 0.3) is 0 Å². The van der Waals surface area contributed by atoms with Crippen LogP contribution in [0, 0.1) is 11.3 Å². The number of carbonyl (C=O) groups excluding carboxylic acids is 2. The van der Waals surface area contributed by atoms with Gasteiger partial charge in [-0.2, -0.15) is 5.26 Å². The van der Waals surface area contributed by atoms with Crippen LogP contribution in [0.5, 0.6) is 0 Å². The maximum Gasteiger partial charge on any atom is 0.337 e. The van der Waals surface area contributed by atoms with Gasteiger partial charge in [0.05, 0.1) is 30.9 Å². The molecule has 1 amide bonds. The monoisotopic (exact) mass is 309 g/mol. The molecule has 23 heavy (non-hydrogen) atoms. The van der Waals surface area contributed by atoms with Crippen LogP contribution in [0.2, 0.25) is 0 Å². The molecule has 0 atom stereocenters. The topological polar surface area (TPSA) is 91.2 Å². The van der Waals surface area contributed by atoms with Gasteiger partial charge in [-0.25, -0.2) is 4.79 Å². The van der Waals surface area contributed by atoms with Crippen molar-refractivity contribution in [2.45, 2.75) is 0 Å². The number of hydrogen-bond acceptors (Lipinski definition) is 5. The summed E-state index contributed by atoms with van der Waals surface area (Å²) in [4.78, 5) is 23.2. The number of rotatable bonds is 5. The van der Waals surface area contributed by atoms with Gasteiger partial charge in [0, 0.05) is 11.4 Å². The van der Waals surface area contributed by atoms with Crippen molar-refractivity contribution in [1.29, 1.82) is 5.26 Å². The molecular formula is C17H15N3O3. The van der Waals surface area contributed by atoms with Crippen LogP contribution in [-0.4, -0.2) is 25.5 Å². The van der Waals surface area contributed by atoms with Gasteiger partial charge in [0.2, 0.25) is 5.91 Å². The van der Waals surface area contributed by atoms with E-state index in [9.17, 15) is 9.59 Å². The summed E-state index contributed by atoms with van der Waals surface area (Å²) < 4.78 is 4.61. The van der Waals surface area contributed by atoms with Gasteiger partial charge in [0.15, 0.2) is 0 Å². The lowest BCUT2D eigenvalue weighted by atomic mass is 10.2. The number of benzene rings is 2. The summed E-state index contributed by atoms with van der Waals surface area (Å²) in [5.41, 5.74) is 2.32. The Bertz CT molecular complexity index is 731. The van der Waals surface area contributed by atoms with Crippen molar-refractivity contribution in [2.24, 2.45) is 0 Å². The highest BCUT2D eigenvalue weighted by Gasteiger charge is 2.05. The Morgan fingerprint density at radius 1 is 1.04 bits per heavy atom. The first-order valence-corrected chi connectivity index (χ1v) is 6.84. The van der Waals surface area contributed by atoms with Gasteiger partial charge >= 0.3 is 5.97 Å². The molecule has 0 aliphatic heterocycles. The zero-order valence-electron chi connectivity index (χ0n) is 12.5. The summed E-state index contributed by atoms with van der Waals surface area (Å²) in [6.45, 7) is 0.0809. The third-order valence-electron chi connectivity index (χ3n) is 3.06. The Morgan fingerprint density at radius 3 is 2.22 bits per heavy atom. The molecule has 0 fully saturated rings. The molecule has 116 valence electrons. The quantitative estimate of drug-likeness (QED) is 0.828. The van der Waals surface area contributed by atoms with E-state index in [4.69, 9.17) is 5.26 Å². The number of nitriles is 1. The summed E-state index contributed by atoms with van der Waals surface area (Å²) >= 11 is 0. The van der Waals surface area contributed by atoms with Gasteiger partial charge < -0.3 is 15.4 Å². The molecule has 6 nitrogen and oxygen atoms in total. The maximum absolute atomic E-state index is 11.8. The first-order valence-electron chi connectivity index (χ1n) is 6.84. The second-order valence-corrected chi connectivity index (χ2v) is 4.66. The third-order valence-corrected chi connectivity index (χ3v) is 3.06. The molecule has 0 aromatic heterocycles. The van der Waals surface area contributed by atoms with E-state index in [0.29, 0.717) is 22.5 Å². The number of anilines is 2. The molecule has 0 radical (unpaired) electrons. The molecule has 0 heterocycles. The van der Waals surface area contributed by atoms with E-state index < -0.39 is 5.97 Å². The normalized spacial score (nSPS) is 9.57. The SMILES string of the molecule is COC(=O)c1ccc(NCC(=O)Nc2ccc(C#N)cc2)cc1. The lowest BCUT2D eigenvalue weighted by Gasteiger charge is -2.08. The lowest BCUT2D eigenvalue weighted by molar-refractivity contribution is -0.114. The fraction of sp³-hybridized carbons (Fsp3) is 0.118. The smallest absolute Gasteiger partial charge is 0.337 e. The number of carbonyl (C=O) groups is 2. The highest BCUT2D eigenvalue weighted by Crippen LogP contribution is 2.11. The first kappa shape index (κ1) is 16.0. The van der Waals surface area contributed by atoms with Crippen LogP contribution in [0.15, 0.2) is 48.5 Å². The average Bonchev–Trinajstić information content (AvgIpc) is 2.60. The van der Waals surface area contributed by atoms with E-state index in [1.807, 2.05) is 6.07 Å². The molecule has 0 aliphatic rings. The lowest BCUT2D eigenvalue weighted by Crippen LogP contribution is -2.21. The number of nitrogens with zero attached hydrogens (tertiary/aromatic N) is 1. The first-order chi connectivity index (χ1) is 11.1. The fourth-order valence-electron chi connectivity index (χ4n) is 1.86. The van der Waals surface area contributed by atoms with E-state index in [1.165, 1.54) is 7.11 Å². The largest absolute Gasteiger partial charge is 0.465 e. The third kappa shape index (κ3) is 4.58. The maximum atomic E-state index is 11.8. The number of amides is 1. The molecule has 0 aliphatic carbocycles. The number of methoxy groups -OCH3 is 1. The second-order valence-electron chi connectivity index (χ2n) is 4.66. The van der Waals surface area contributed by atoms with Gasteiger partial charge in [-0.15, -0.1) is 0 Å². The van der Waals surface area contributed by atoms with Crippen molar-refractivity contribution in [3.05, 3.63) is 59.7 Å². The predicted octanol–water partition coefficient (Wildman–Crippen LogP) is 2.40. The van der Waals surface area contributed by atoms with Crippen LogP contribution in [-0.2, 0) is 9.53 Å². The molecule has 6 heteroatoms. The number of hydrogen-bond donors (Lipinski definition) is 2. The van der Waals surface area contributed by atoms with Gasteiger partial charge in [0.1, 0.15) is 0 Å².